The van der Waals surface area contributed by atoms with E-state index in [1.807, 2.05) is 19.9 Å². The van der Waals surface area contributed by atoms with Crippen LogP contribution in [0.5, 0.6) is 0 Å². The van der Waals surface area contributed by atoms with Crippen LogP contribution in [-0.2, 0) is 13.6 Å². The Morgan fingerprint density at radius 3 is 1.89 bits per heavy atom. The summed E-state index contributed by atoms with van der Waals surface area (Å²) in [5, 5.41) is 0. The summed E-state index contributed by atoms with van der Waals surface area (Å²) < 4.78 is 22.5. The monoisotopic (exact) mass is 290 g/mol. The van der Waals surface area contributed by atoms with Gasteiger partial charge in [0.1, 0.15) is 0 Å². The maximum absolute atomic E-state index is 12.1. The average molecular weight is 290 g/mol. The summed E-state index contributed by atoms with van der Waals surface area (Å²) in [4.78, 5) is 0. The summed E-state index contributed by atoms with van der Waals surface area (Å²) >= 11 is 0. The second kappa shape index (κ2) is 12.9. The minimum absolute atomic E-state index is 0.416. The third-order valence-corrected chi connectivity index (χ3v) is 4.69. The van der Waals surface area contributed by atoms with Crippen molar-refractivity contribution in [2.75, 3.05) is 13.2 Å². The molecular weight excluding hydrogens is 259 g/mol. The van der Waals surface area contributed by atoms with Crippen LogP contribution < -0.4 is 0 Å². The number of unbranched alkanes of at least 4 members (excludes halogenated alkanes) is 7. The SMILES string of the molecule is CCCCCCCCC/C=C/P(=O)(OCC)OCC. The molecule has 0 atom stereocenters. The largest absolute Gasteiger partial charge is 0.353 e. The van der Waals surface area contributed by atoms with Crippen molar-refractivity contribution in [1.29, 1.82) is 0 Å². The first-order valence-corrected chi connectivity index (χ1v) is 9.36. The molecule has 0 amide bonds. The summed E-state index contributed by atoms with van der Waals surface area (Å²) in [5.41, 5.74) is 0. The lowest BCUT2D eigenvalue weighted by Gasteiger charge is -2.12. The number of rotatable bonds is 13. The van der Waals surface area contributed by atoms with E-state index in [9.17, 15) is 4.57 Å². The second-order valence-corrected chi connectivity index (χ2v) is 6.56. The molecule has 0 saturated heterocycles. The fourth-order valence-electron chi connectivity index (χ4n) is 1.91. The maximum Gasteiger partial charge on any atom is 0.353 e. The van der Waals surface area contributed by atoms with Crippen molar-refractivity contribution in [2.45, 2.75) is 72.1 Å². The van der Waals surface area contributed by atoms with E-state index < -0.39 is 7.60 Å². The van der Waals surface area contributed by atoms with Crippen molar-refractivity contribution in [1.82, 2.24) is 0 Å². The van der Waals surface area contributed by atoms with E-state index in [2.05, 4.69) is 6.92 Å². The number of hydrogen-bond donors (Lipinski definition) is 0. The molecular formula is C15H31O3P. The van der Waals surface area contributed by atoms with Gasteiger partial charge in [-0.1, -0.05) is 51.5 Å². The van der Waals surface area contributed by atoms with Crippen molar-refractivity contribution in [3.05, 3.63) is 11.9 Å². The highest BCUT2D eigenvalue weighted by Crippen LogP contribution is 2.49. The van der Waals surface area contributed by atoms with Crippen LogP contribution in [0.1, 0.15) is 72.1 Å². The van der Waals surface area contributed by atoms with Gasteiger partial charge in [0.15, 0.2) is 0 Å². The second-order valence-electron chi connectivity index (χ2n) is 4.67. The van der Waals surface area contributed by atoms with E-state index in [4.69, 9.17) is 9.05 Å². The topological polar surface area (TPSA) is 35.5 Å². The predicted molar refractivity (Wildman–Crippen MR) is 82.6 cm³/mol. The smallest absolute Gasteiger partial charge is 0.306 e. The van der Waals surface area contributed by atoms with Crippen molar-refractivity contribution in [3.63, 3.8) is 0 Å². The first-order valence-electron chi connectivity index (χ1n) is 7.75. The molecule has 0 heterocycles. The van der Waals surface area contributed by atoms with Gasteiger partial charge in [0.25, 0.3) is 0 Å². The molecule has 4 heteroatoms. The lowest BCUT2D eigenvalue weighted by Crippen LogP contribution is -1.92. The quantitative estimate of drug-likeness (QED) is 0.312. The zero-order chi connectivity index (χ0) is 14.4. The Hall–Kier alpha value is -0.110. The van der Waals surface area contributed by atoms with Gasteiger partial charge in [-0.3, -0.25) is 4.57 Å². The maximum atomic E-state index is 12.1. The molecule has 0 aliphatic rings. The van der Waals surface area contributed by atoms with Gasteiger partial charge in [-0.25, -0.2) is 0 Å². The molecule has 0 fully saturated rings. The first kappa shape index (κ1) is 18.9. The molecule has 0 aliphatic heterocycles. The summed E-state index contributed by atoms with van der Waals surface area (Å²) in [6.07, 6.45) is 12.0. The molecule has 0 unspecified atom stereocenters. The molecule has 3 nitrogen and oxygen atoms in total. The normalized spacial score (nSPS) is 12.4. The van der Waals surface area contributed by atoms with E-state index >= 15 is 0 Å². The summed E-state index contributed by atoms with van der Waals surface area (Å²) in [6, 6.07) is 0. The molecule has 0 bridgehead atoms. The standard InChI is InChI=1S/C15H31O3P/c1-4-7-8-9-10-11-12-13-14-15-19(16,17-5-2)18-6-3/h14-15H,4-13H2,1-3H3/b15-14+. The highest BCUT2D eigenvalue weighted by Gasteiger charge is 2.18. The van der Waals surface area contributed by atoms with Gasteiger partial charge in [0, 0.05) is 5.82 Å². The molecule has 0 radical (unpaired) electrons. The van der Waals surface area contributed by atoms with Crippen LogP contribution in [0, 0.1) is 0 Å². The molecule has 0 N–H and O–H groups in total. The molecule has 0 aromatic heterocycles. The molecule has 114 valence electrons. The zero-order valence-electron chi connectivity index (χ0n) is 12.9. The Kier molecular flexibility index (Phi) is 12.8. The van der Waals surface area contributed by atoms with Crippen molar-refractivity contribution < 1.29 is 13.6 Å². The van der Waals surface area contributed by atoms with Crippen LogP contribution in [0.15, 0.2) is 11.9 Å². The lowest BCUT2D eigenvalue weighted by molar-refractivity contribution is 0.229. The van der Waals surface area contributed by atoms with Crippen molar-refractivity contribution >= 4 is 7.60 Å². The van der Waals surface area contributed by atoms with Crippen LogP contribution in [0.3, 0.4) is 0 Å². The highest BCUT2D eigenvalue weighted by atomic mass is 31.2. The molecule has 0 spiro atoms. The molecule has 0 aromatic carbocycles. The Labute approximate surface area is 119 Å². The summed E-state index contributed by atoms with van der Waals surface area (Å²) in [6.45, 7) is 6.73. The van der Waals surface area contributed by atoms with E-state index in [-0.39, 0.29) is 0 Å². The Morgan fingerprint density at radius 1 is 0.842 bits per heavy atom. The first-order chi connectivity index (χ1) is 9.18. The predicted octanol–water partition coefficient (Wildman–Crippen LogP) is 5.91. The van der Waals surface area contributed by atoms with Crippen LogP contribution >= 0.6 is 7.60 Å². The van der Waals surface area contributed by atoms with E-state index in [1.54, 1.807) is 5.82 Å². The fourth-order valence-corrected chi connectivity index (χ4v) is 3.28. The fraction of sp³-hybridized carbons (Fsp3) is 0.867. The lowest BCUT2D eigenvalue weighted by atomic mass is 10.1. The molecule has 0 saturated carbocycles. The van der Waals surface area contributed by atoms with Crippen molar-refractivity contribution in [3.8, 4) is 0 Å². The summed E-state index contributed by atoms with van der Waals surface area (Å²) in [5.74, 6) is 1.62. The molecule has 0 aliphatic carbocycles. The third kappa shape index (κ3) is 11.4. The van der Waals surface area contributed by atoms with Crippen molar-refractivity contribution in [2.24, 2.45) is 0 Å². The van der Waals surface area contributed by atoms with Crippen LogP contribution in [0.4, 0.5) is 0 Å². The van der Waals surface area contributed by atoms with Gasteiger partial charge in [0.2, 0.25) is 0 Å². The number of hydrogen-bond acceptors (Lipinski definition) is 3. The number of allylic oxidation sites excluding steroid dienone is 1. The zero-order valence-corrected chi connectivity index (χ0v) is 13.8. The third-order valence-electron chi connectivity index (χ3n) is 2.88. The van der Waals surface area contributed by atoms with Gasteiger partial charge < -0.3 is 9.05 Å². The van der Waals surface area contributed by atoms with Gasteiger partial charge in [-0.2, -0.15) is 0 Å². The Morgan fingerprint density at radius 2 is 1.37 bits per heavy atom. The Balaban J connectivity index is 3.67. The van der Waals surface area contributed by atoms with Crippen LogP contribution in [0.25, 0.3) is 0 Å². The van der Waals surface area contributed by atoms with Gasteiger partial charge in [-0.05, 0) is 26.7 Å². The van der Waals surface area contributed by atoms with E-state index in [0.29, 0.717) is 13.2 Å². The van der Waals surface area contributed by atoms with Gasteiger partial charge in [-0.15, -0.1) is 0 Å². The average Bonchev–Trinajstić information content (AvgIpc) is 2.37. The minimum Gasteiger partial charge on any atom is -0.306 e. The highest BCUT2D eigenvalue weighted by molar-refractivity contribution is 7.57. The minimum atomic E-state index is -2.97. The molecule has 0 aromatic rings. The molecule has 0 rings (SSSR count). The van der Waals surface area contributed by atoms with E-state index in [1.165, 1.54) is 38.5 Å². The Bertz CT molecular complexity index is 254. The van der Waals surface area contributed by atoms with Crippen LogP contribution in [0.2, 0.25) is 0 Å². The van der Waals surface area contributed by atoms with Crippen LogP contribution in [-0.4, -0.2) is 13.2 Å². The van der Waals surface area contributed by atoms with E-state index in [0.717, 1.165) is 12.8 Å². The molecule has 19 heavy (non-hydrogen) atoms. The summed E-state index contributed by atoms with van der Waals surface area (Å²) in [7, 11) is -2.97. The van der Waals surface area contributed by atoms with Gasteiger partial charge >= 0.3 is 7.60 Å². The van der Waals surface area contributed by atoms with Gasteiger partial charge in [0.05, 0.1) is 13.2 Å².